The second kappa shape index (κ2) is 8.46. The molecule has 0 aliphatic rings. The summed E-state index contributed by atoms with van der Waals surface area (Å²) in [6.07, 6.45) is 5.07. The third-order valence-corrected chi connectivity index (χ3v) is 5.33. The second-order valence-corrected chi connectivity index (χ2v) is 7.30. The number of primary amides is 1. The number of para-hydroxylation sites is 1. The van der Waals surface area contributed by atoms with Crippen LogP contribution in [0.5, 0.6) is 5.75 Å². The number of nitrogens with two attached hydrogens (primary N) is 1. The van der Waals surface area contributed by atoms with Crippen LogP contribution in [0.25, 0.3) is 22.2 Å². The summed E-state index contributed by atoms with van der Waals surface area (Å²) in [5, 5.41) is 11.1. The number of aromatic nitrogens is 2. The van der Waals surface area contributed by atoms with Crippen LogP contribution in [0.3, 0.4) is 0 Å². The molecule has 0 aliphatic carbocycles. The summed E-state index contributed by atoms with van der Waals surface area (Å²) in [7, 11) is 0. The molecule has 0 fully saturated rings. The molecule has 1 aromatic carbocycles. The van der Waals surface area contributed by atoms with E-state index >= 15 is 0 Å². The van der Waals surface area contributed by atoms with Gasteiger partial charge < -0.3 is 15.4 Å². The molecule has 0 bridgehead atoms. The minimum atomic E-state index is -0.431. The number of phenolic OH excluding ortho intramolecular Hbond substituents is 1. The Morgan fingerprint density at radius 1 is 1.14 bits per heavy atom. The van der Waals surface area contributed by atoms with Crippen molar-refractivity contribution >= 4 is 16.8 Å². The SMILES string of the molecule is CCCCc1c(-c2ccc3cccc(O)c3n2)c(C(N)=O)c(C)n1CCCC. The van der Waals surface area contributed by atoms with Gasteiger partial charge in [0.05, 0.1) is 11.3 Å². The van der Waals surface area contributed by atoms with Crippen LogP contribution in [0.15, 0.2) is 30.3 Å². The molecule has 3 rings (SSSR count). The first-order chi connectivity index (χ1) is 13.5. The number of nitrogens with zero attached hydrogens (tertiary/aromatic N) is 2. The Bertz CT molecular complexity index is 1000. The molecule has 0 unspecified atom stereocenters. The molecule has 3 N–H and O–H groups in total. The number of benzene rings is 1. The lowest BCUT2D eigenvalue weighted by atomic mass is 10.0. The van der Waals surface area contributed by atoms with Crippen molar-refractivity contribution in [3.8, 4) is 17.0 Å². The number of fused-ring (bicyclic) bond motifs is 1. The molecule has 0 atom stereocenters. The fraction of sp³-hybridized carbons (Fsp3) is 0.391. The fourth-order valence-electron chi connectivity index (χ4n) is 3.87. The van der Waals surface area contributed by atoms with Gasteiger partial charge in [0.25, 0.3) is 5.91 Å². The number of aromatic hydroxyl groups is 1. The van der Waals surface area contributed by atoms with Gasteiger partial charge in [-0.3, -0.25) is 4.79 Å². The summed E-state index contributed by atoms with van der Waals surface area (Å²) >= 11 is 0. The number of hydrogen-bond acceptors (Lipinski definition) is 3. The molecule has 28 heavy (non-hydrogen) atoms. The Balaban J connectivity index is 2.28. The van der Waals surface area contributed by atoms with Crippen molar-refractivity contribution in [2.45, 2.75) is 59.4 Å². The first-order valence-corrected chi connectivity index (χ1v) is 10.1. The van der Waals surface area contributed by atoms with Crippen molar-refractivity contribution in [1.29, 1.82) is 0 Å². The highest BCUT2D eigenvalue weighted by molar-refractivity contribution is 6.02. The van der Waals surface area contributed by atoms with E-state index in [0.717, 1.165) is 61.0 Å². The fourth-order valence-corrected chi connectivity index (χ4v) is 3.87. The van der Waals surface area contributed by atoms with Gasteiger partial charge in [-0.25, -0.2) is 4.98 Å². The largest absolute Gasteiger partial charge is 0.506 e. The number of carbonyl (C=O) groups is 1. The molecule has 0 aliphatic heterocycles. The zero-order valence-electron chi connectivity index (χ0n) is 17.0. The van der Waals surface area contributed by atoms with Crippen LogP contribution in [-0.4, -0.2) is 20.6 Å². The molecular weight excluding hydrogens is 350 g/mol. The van der Waals surface area contributed by atoms with Gasteiger partial charge in [0.2, 0.25) is 0 Å². The quantitative estimate of drug-likeness (QED) is 0.580. The monoisotopic (exact) mass is 379 g/mol. The maximum Gasteiger partial charge on any atom is 0.251 e. The Morgan fingerprint density at radius 3 is 2.57 bits per heavy atom. The van der Waals surface area contributed by atoms with E-state index < -0.39 is 5.91 Å². The summed E-state index contributed by atoms with van der Waals surface area (Å²) in [6, 6.07) is 9.19. The number of amides is 1. The highest BCUT2D eigenvalue weighted by Crippen LogP contribution is 2.35. The van der Waals surface area contributed by atoms with Crippen molar-refractivity contribution in [2.75, 3.05) is 0 Å². The summed E-state index contributed by atoms with van der Waals surface area (Å²) in [4.78, 5) is 17.1. The molecule has 0 saturated carbocycles. The van der Waals surface area contributed by atoms with Gasteiger partial charge in [0.15, 0.2) is 0 Å². The molecule has 0 saturated heterocycles. The summed E-state index contributed by atoms with van der Waals surface area (Å²) < 4.78 is 2.24. The van der Waals surface area contributed by atoms with Crippen LogP contribution in [0.2, 0.25) is 0 Å². The summed E-state index contributed by atoms with van der Waals surface area (Å²) in [6.45, 7) is 7.15. The van der Waals surface area contributed by atoms with Crippen molar-refractivity contribution in [2.24, 2.45) is 5.73 Å². The molecule has 148 valence electrons. The maximum absolute atomic E-state index is 12.4. The summed E-state index contributed by atoms with van der Waals surface area (Å²) in [5.74, 6) is -0.295. The first-order valence-electron chi connectivity index (χ1n) is 10.1. The lowest BCUT2D eigenvalue weighted by molar-refractivity contribution is 0.1000. The molecule has 5 nitrogen and oxygen atoms in total. The van der Waals surface area contributed by atoms with Crippen molar-refractivity contribution in [3.05, 3.63) is 47.3 Å². The maximum atomic E-state index is 12.4. The number of unbranched alkanes of at least 4 members (excludes halogenated alkanes) is 2. The van der Waals surface area contributed by atoms with E-state index in [4.69, 9.17) is 10.7 Å². The lowest BCUT2D eigenvalue weighted by Crippen LogP contribution is -2.13. The molecule has 0 radical (unpaired) electrons. The molecule has 3 aromatic rings. The molecule has 2 heterocycles. The third-order valence-electron chi connectivity index (χ3n) is 5.33. The molecule has 0 spiro atoms. The van der Waals surface area contributed by atoms with Gasteiger partial charge in [0.1, 0.15) is 11.3 Å². The van der Waals surface area contributed by atoms with Crippen molar-refractivity contribution in [3.63, 3.8) is 0 Å². The van der Waals surface area contributed by atoms with E-state index in [1.165, 1.54) is 0 Å². The van der Waals surface area contributed by atoms with Crippen molar-refractivity contribution < 1.29 is 9.90 Å². The number of rotatable bonds is 8. The first kappa shape index (κ1) is 19.9. The molecular formula is C23H29N3O2. The average molecular weight is 380 g/mol. The highest BCUT2D eigenvalue weighted by Gasteiger charge is 2.25. The highest BCUT2D eigenvalue weighted by atomic mass is 16.3. The number of pyridine rings is 1. The Kier molecular flexibility index (Phi) is 6.02. The van der Waals surface area contributed by atoms with Crippen LogP contribution in [0.1, 0.15) is 61.3 Å². The number of hydrogen-bond donors (Lipinski definition) is 2. The summed E-state index contributed by atoms with van der Waals surface area (Å²) in [5.41, 5.74) is 10.4. The van der Waals surface area contributed by atoms with E-state index in [9.17, 15) is 9.90 Å². The second-order valence-electron chi connectivity index (χ2n) is 7.30. The van der Waals surface area contributed by atoms with Gasteiger partial charge in [-0.1, -0.05) is 44.9 Å². The lowest BCUT2D eigenvalue weighted by Gasteiger charge is -2.13. The topological polar surface area (TPSA) is 81.1 Å². The number of carbonyl (C=O) groups excluding carboxylic acids is 1. The smallest absolute Gasteiger partial charge is 0.251 e. The van der Waals surface area contributed by atoms with Crippen LogP contribution >= 0.6 is 0 Å². The van der Waals surface area contributed by atoms with Gasteiger partial charge in [0, 0.05) is 28.9 Å². The Morgan fingerprint density at radius 2 is 1.89 bits per heavy atom. The Labute approximate surface area is 166 Å². The zero-order chi connectivity index (χ0) is 20.3. The van der Waals surface area contributed by atoms with E-state index in [2.05, 4.69) is 18.4 Å². The molecule has 1 amide bonds. The molecule has 2 aromatic heterocycles. The predicted octanol–water partition coefficient (Wildman–Crippen LogP) is 4.96. The third kappa shape index (κ3) is 3.61. The normalized spacial score (nSPS) is 11.2. The Hall–Kier alpha value is -2.82. The van der Waals surface area contributed by atoms with Crippen LogP contribution in [0.4, 0.5) is 0 Å². The zero-order valence-corrected chi connectivity index (χ0v) is 17.0. The van der Waals surface area contributed by atoms with Crippen LogP contribution < -0.4 is 5.73 Å². The van der Waals surface area contributed by atoms with E-state index in [1.54, 1.807) is 12.1 Å². The predicted molar refractivity (Wildman–Crippen MR) is 114 cm³/mol. The van der Waals surface area contributed by atoms with Gasteiger partial charge >= 0.3 is 0 Å². The van der Waals surface area contributed by atoms with Gasteiger partial charge in [-0.15, -0.1) is 0 Å². The molecule has 5 heteroatoms. The average Bonchev–Trinajstić information content (AvgIpc) is 2.96. The van der Waals surface area contributed by atoms with Gasteiger partial charge in [-0.05, 0) is 38.3 Å². The number of phenols is 1. The van der Waals surface area contributed by atoms with Crippen LogP contribution in [0, 0.1) is 6.92 Å². The van der Waals surface area contributed by atoms with Gasteiger partial charge in [-0.2, -0.15) is 0 Å². The van der Waals surface area contributed by atoms with E-state index in [0.29, 0.717) is 16.8 Å². The minimum Gasteiger partial charge on any atom is -0.506 e. The van der Waals surface area contributed by atoms with Crippen molar-refractivity contribution in [1.82, 2.24) is 9.55 Å². The van der Waals surface area contributed by atoms with E-state index in [-0.39, 0.29) is 5.75 Å². The standard InChI is InChI=1S/C23H29N3O2/c1-4-6-10-18-21(20(23(24)28)15(3)26(18)14-7-5-2)17-13-12-16-9-8-11-19(27)22(16)25-17/h8-9,11-13,27H,4-7,10,14H2,1-3H3,(H2,24,28). The van der Waals surface area contributed by atoms with Crippen LogP contribution in [-0.2, 0) is 13.0 Å². The van der Waals surface area contributed by atoms with E-state index in [1.807, 2.05) is 25.1 Å². The minimum absolute atomic E-state index is 0.136.